The fourth-order valence-electron chi connectivity index (χ4n) is 8.54. The summed E-state index contributed by atoms with van der Waals surface area (Å²) in [4.78, 5) is 58.7. The van der Waals surface area contributed by atoms with Crippen molar-refractivity contribution < 1.29 is 19.3 Å². The van der Waals surface area contributed by atoms with Gasteiger partial charge in [0.05, 0.1) is 27.6 Å². The Hall–Kier alpha value is -5.95. The van der Waals surface area contributed by atoms with Gasteiger partial charge in [0.1, 0.15) is 5.69 Å². The number of Topliss-reactive ketones (excluding diaryl/α,β-unsaturated/α-hetero) is 1. The predicted octanol–water partition coefficient (Wildman–Crippen LogP) is 7.09. The third kappa shape index (κ3) is 3.59. The van der Waals surface area contributed by atoms with E-state index in [2.05, 4.69) is 0 Å². The molecule has 8 rings (SSSR count). The lowest BCUT2D eigenvalue weighted by Crippen LogP contribution is -2.45. The molecule has 2 bridgehead atoms. The van der Waals surface area contributed by atoms with Crippen LogP contribution in [0.2, 0.25) is 0 Å². The van der Waals surface area contributed by atoms with E-state index in [9.17, 15) is 10.1 Å². The minimum absolute atomic E-state index is 0.0919. The molecule has 7 heteroatoms. The van der Waals surface area contributed by atoms with Crippen molar-refractivity contribution in [3.8, 4) is 0 Å². The smallest absolute Gasteiger partial charge is 0.293 e. The summed E-state index contributed by atoms with van der Waals surface area (Å²) in [5.74, 6) is -3.80. The van der Waals surface area contributed by atoms with Gasteiger partial charge in [0.25, 0.3) is 5.69 Å². The van der Waals surface area contributed by atoms with Gasteiger partial charge in [-0.1, -0.05) is 127 Å². The zero-order chi connectivity index (χ0) is 32.5. The summed E-state index contributed by atoms with van der Waals surface area (Å²) in [6, 6.07) is 42.1. The van der Waals surface area contributed by atoms with E-state index in [0.717, 1.165) is 16.0 Å². The highest BCUT2D eigenvalue weighted by molar-refractivity contribution is 6.39. The molecule has 0 N–H and O–H groups in total. The molecule has 2 aliphatic carbocycles. The van der Waals surface area contributed by atoms with Gasteiger partial charge in [0.2, 0.25) is 11.8 Å². The van der Waals surface area contributed by atoms with E-state index in [0.29, 0.717) is 27.8 Å². The van der Waals surface area contributed by atoms with E-state index in [1.807, 2.05) is 121 Å². The number of nitro groups is 1. The van der Waals surface area contributed by atoms with Crippen LogP contribution in [-0.2, 0) is 25.2 Å². The van der Waals surface area contributed by atoms with Crippen molar-refractivity contribution in [2.75, 3.05) is 4.90 Å². The van der Waals surface area contributed by atoms with Crippen molar-refractivity contribution in [1.82, 2.24) is 0 Å². The van der Waals surface area contributed by atoms with Gasteiger partial charge in [-0.2, -0.15) is 0 Å². The number of fused-ring (bicyclic) bond motifs is 5. The number of benzene rings is 5. The first kappa shape index (κ1) is 28.5. The number of nitrogens with zero attached hydrogens (tertiary/aromatic N) is 2. The van der Waals surface area contributed by atoms with Crippen LogP contribution >= 0.6 is 0 Å². The number of ketones is 1. The van der Waals surface area contributed by atoms with Crippen molar-refractivity contribution in [3.05, 3.63) is 177 Å². The second-order valence-electron chi connectivity index (χ2n) is 12.4. The molecule has 1 aliphatic heterocycles. The molecule has 5 aromatic carbocycles. The molecular weight excluding hydrogens is 588 g/mol. The first-order chi connectivity index (χ1) is 22.8. The first-order valence-corrected chi connectivity index (χ1v) is 15.5. The Morgan fingerprint density at radius 1 is 0.596 bits per heavy atom. The van der Waals surface area contributed by atoms with Crippen molar-refractivity contribution in [2.24, 2.45) is 11.8 Å². The van der Waals surface area contributed by atoms with E-state index in [1.165, 1.54) is 12.1 Å². The van der Waals surface area contributed by atoms with Gasteiger partial charge < -0.3 is 0 Å². The molecule has 2 fully saturated rings. The Kier molecular flexibility index (Phi) is 6.24. The number of anilines is 1. The standard InChI is InChI=1S/C40H28N2O5/c1-25-22-23-30(31(24-25)42(46)47)41-36(43)34-35(37(41)44)40(29-20-12-5-13-21-29)33(27-16-8-3-9-17-27)32(26-14-6-2-7-15-26)39(34,38(40)45)28-18-10-4-11-19-28/h2-24,34-35H,1H3/t34-,35-,39-,40-/m0/s1. The maximum absolute atomic E-state index is 15.9. The molecule has 2 amide bonds. The van der Waals surface area contributed by atoms with Crippen LogP contribution in [0.1, 0.15) is 27.8 Å². The maximum atomic E-state index is 15.9. The number of amides is 2. The maximum Gasteiger partial charge on any atom is 0.293 e. The topological polar surface area (TPSA) is 97.6 Å². The number of hydrogen-bond donors (Lipinski definition) is 0. The summed E-state index contributed by atoms with van der Waals surface area (Å²) < 4.78 is 0. The summed E-state index contributed by atoms with van der Waals surface area (Å²) in [6.45, 7) is 1.72. The van der Waals surface area contributed by atoms with Crippen molar-refractivity contribution in [3.63, 3.8) is 0 Å². The van der Waals surface area contributed by atoms with Gasteiger partial charge in [0, 0.05) is 6.07 Å². The summed E-state index contributed by atoms with van der Waals surface area (Å²) >= 11 is 0. The van der Waals surface area contributed by atoms with Crippen molar-refractivity contribution in [1.29, 1.82) is 0 Å². The second-order valence-corrected chi connectivity index (χ2v) is 12.4. The molecule has 4 atom stereocenters. The lowest BCUT2D eigenvalue weighted by molar-refractivity contribution is -0.384. The molecule has 228 valence electrons. The Morgan fingerprint density at radius 2 is 1.00 bits per heavy atom. The molecule has 5 aromatic rings. The lowest BCUT2D eigenvalue weighted by Gasteiger charge is -2.39. The predicted molar refractivity (Wildman–Crippen MR) is 178 cm³/mol. The molecule has 1 saturated heterocycles. The zero-order valence-electron chi connectivity index (χ0n) is 25.4. The summed E-state index contributed by atoms with van der Waals surface area (Å²) in [6.07, 6.45) is 0. The van der Waals surface area contributed by atoms with Crippen LogP contribution in [0.3, 0.4) is 0 Å². The number of carbonyl (C=O) groups is 3. The Labute approximate surface area is 270 Å². The lowest BCUT2D eigenvalue weighted by atomic mass is 9.59. The van der Waals surface area contributed by atoms with Crippen LogP contribution in [0, 0.1) is 28.9 Å². The third-order valence-corrected chi connectivity index (χ3v) is 10.1. The van der Waals surface area contributed by atoms with Crippen LogP contribution in [-0.4, -0.2) is 22.5 Å². The van der Waals surface area contributed by atoms with Gasteiger partial charge in [-0.25, -0.2) is 4.90 Å². The van der Waals surface area contributed by atoms with Crippen LogP contribution in [0.5, 0.6) is 0 Å². The Morgan fingerprint density at radius 3 is 1.40 bits per heavy atom. The molecular formula is C40H28N2O5. The number of hydrogen-bond acceptors (Lipinski definition) is 5. The van der Waals surface area contributed by atoms with Gasteiger partial charge in [-0.05, 0) is 52.0 Å². The van der Waals surface area contributed by atoms with Gasteiger partial charge in [-0.15, -0.1) is 0 Å². The van der Waals surface area contributed by atoms with Gasteiger partial charge in [0.15, 0.2) is 5.78 Å². The van der Waals surface area contributed by atoms with E-state index < -0.39 is 39.4 Å². The molecule has 0 spiro atoms. The third-order valence-electron chi connectivity index (χ3n) is 10.1. The average molecular weight is 617 g/mol. The normalized spacial score (nSPS) is 24.6. The molecule has 1 saturated carbocycles. The largest absolute Gasteiger partial charge is 0.297 e. The van der Waals surface area contributed by atoms with E-state index in [-0.39, 0.29) is 17.2 Å². The quantitative estimate of drug-likeness (QED) is 0.115. The van der Waals surface area contributed by atoms with Crippen molar-refractivity contribution >= 4 is 40.1 Å². The second kappa shape index (κ2) is 10.3. The fraction of sp³-hybridized carbons (Fsp3) is 0.125. The first-order valence-electron chi connectivity index (χ1n) is 15.5. The Balaban J connectivity index is 1.55. The number of nitro benzene ring substituents is 1. The number of carbonyl (C=O) groups excluding carboxylic acids is 3. The van der Waals surface area contributed by atoms with Crippen LogP contribution < -0.4 is 4.90 Å². The molecule has 1 heterocycles. The summed E-state index contributed by atoms with van der Waals surface area (Å²) in [7, 11) is 0. The van der Waals surface area contributed by atoms with Gasteiger partial charge in [-0.3, -0.25) is 24.5 Å². The van der Waals surface area contributed by atoms with E-state index in [1.54, 1.807) is 13.0 Å². The highest BCUT2D eigenvalue weighted by Crippen LogP contribution is 2.74. The van der Waals surface area contributed by atoms with Gasteiger partial charge >= 0.3 is 0 Å². The SMILES string of the molecule is Cc1ccc(N2C(=O)[C@@H]3[C@@H](C2=O)[C@@]2(c4ccccc4)C(=O)[C@@]3(c3ccccc3)C(c3ccccc3)=C2c2ccccc2)c([N+](=O)[O-])c1. The van der Waals surface area contributed by atoms with Crippen LogP contribution in [0.15, 0.2) is 140 Å². The Bertz CT molecular complexity index is 2030. The minimum atomic E-state index is -1.57. The zero-order valence-corrected chi connectivity index (χ0v) is 25.4. The minimum Gasteiger partial charge on any atom is -0.297 e. The molecule has 0 radical (unpaired) electrons. The molecule has 0 unspecified atom stereocenters. The van der Waals surface area contributed by atoms with Crippen molar-refractivity contribution in [2.45, 2.75) is 17.8 Å². The molecule has 47 heavy (non-hydrogen) atoms. The number of imide groups is 1. The highest BCUT2D eigenvalue weighted by Gasteiger charge is 2.83. The fourth-order valence-corrected chi connectivity index (χ4v) is 8.54. The molecule has 3 aliphatic rings. The monoisotopic (exact) mass is 616 g/mol. The average Bonchev–Trinajstić information content (AvgIpc) is 3.62. The molecule has 7 nitrogen and oxygen atoms in total. The number of rotatable bonds is 6. The number of aryl methyl sites for hydroxylation is 1. The van der Waals surface area contributed by atoms with E-state index in [4.69, 9.17) is 0 Å². The van der Waals surface area contributed by atoms with E-state index >= 15 is 14.4 Å². The molecule has 0 aromatic heterocycles. The summed E-state index contributed by atoms with van der Waals surface area (Å²) in [5.41, 5.74) is 1.12. The van der Waals surface area contributed by atoms with Crippen LogP contribution in [0.4, 0.5) is 11.4 Å². The van der Waals surface area contributed by atoms with Crippen LogP contribution in [0.25, 0.3) is 11.1 Å². The number of allylic oxidation sites excluding steroid dienone is 2. The highest BCUT2D eigenvalue weighted by atomic mass is 16.6. The summed E-state index contributed by atoms with van der Waals surface area (Å²) in [5, 5.41) is 12.3.